The molecule has 15 rings (SSSR count). The van der Waals surface area contributed by atoms with E-state index in [2.05, 4.69) is 276 Å². The highest BCUT2D eigenvalue weighted by atomic mass is 15.1. The summed E-state index contributed by atoms with van der Waals surface area (Å²) in [6.45, 7) is 0. The Bertz CT molecular complexity index is 4290. The predicted octanol–water partition coefficient (Wildman–Crippen LogP) is 18.2. The van der Waals surface area contributed by atoms with Gasteiger partial charge in [-0.1, -0.05) is 206 Å². The standard InChI is InChI=1S/C69H44N2/c1-3-18-45(19-4-1)53-27-10-13-34-64(53)70(51-26-15-23-48(42-51)49-37-41-66-59(43-49)57-30-11-14-35-65(57)71(66)50-24-5-2-6-25-50)52-38-39-56-55-29-9-12-32-60(55)69(63(56)44-52)61-33-17-22-47-21-16-31-58(67(47)61)68-54-28-8-7-20-46(54)36-40-62(68)69/h1-44H. The first-order valence-electron chi connectivity index (χ1n) is 24.7. The van der Waals surface area contributed by atoms with Gasteiger partial charge in [-0.15, -0.1) is 0 Å². The minimum Gasteiger partial charge on any atom is -0.310 e. The molecule has 12 aromatic carbocycles. The lowest BCUT2D eigenvalue weighted by atomic mass is 9.61. The van der Waals surface area contributed by atoms with Crippen LogP contribution in [0.15, 0.2) is 267 Å². The van der Waals surface area contributed by atoms with E-state index in [0.717, 1.165) is 28.3 Å². The Morgan fingerprint density at radius 2 is 0.930 bits per heavy atom. The predicted molar refractivity (Wildman–Crippen MR) is 298 cm³/mol. The van der Waals surface area contributed by atoms with Gasteiger partial charge >= 0.3 is 0 Å². The van der Waals surface area contributed by atoms with Crippen LogP contribution >= 0.6 is 0 Å². The molecule has 1 atom stereocenters. The van der Waals surface area contributed by atoms with E-state index in [9.17, 15) is 0 Å². The maximum Gasteiger partial charge on any atom is 0.0726 e. The van der Waals surface area contributed by atoms with Crippen LogP contribution in [0, 0.1) is 0 Å². The highest BCUT2D eigenvalue weighted by molar-refractivity contribution is 6.14. The second-order valence-corrected chi connectivity index (χ2v) is 19.1. The highest BCUT2D eigenvalue weighted by Gasteiger charge is 2.50. The van der Waals surface area contributed by atoms with Gasteiger partial charge in [0.15, 0.2) is 0 Å². The van der Waals surface area contributed by atoms with E-state index in [4.69, 9.17) is 0 Å². The number of aromatic nitrogens is 1. The molecule has 0 saturated heterocycles. The molecule has 0 aliphatic heterocycles. The van der Waals surface area contributed by atoms with E-state index in [1.807, 2.05) is 0 Å². The van der Waals surface area contributed by atoms with E-state index in [1.165, 1.54) is 105 Å². The summed E-state index contributed by atoms with van der Waals surface area (Å²) in [6.07, 6.45) is 0. The first kappa shape index (κ1) is 39.7. The van der Waals surface area contributed by atoms with Crippen molar-refractivity contribution in [2.75, 3.05) is 4.90 Å². The molecule has 1 heterocycles. The normalized spacial score (nSPS) is 14.3. The van der Waals surface area contributed by atoms with E-state index >= 15 is 0 Å². The third-order valence-electron chi connectivity index (χ3n) is 15.6. The van der Waals surface area contributed by atoms with E-state index in [-0.39, 0.29) is 0 Å². The zero-order valence-electron chi connectivity index (χ0n) is 38.8. The molecule has 0 fully saturated rings. The molecule has 1 unspecified atom stereocenters. The quantitative estimate of drug-likeness (QED) is 0.161. The van der Waals surface area contributed by atoms with Crippen molar-refractivity contribution < 1.29 is 0 Å². The SMILES string of the molecule is c1ccc(-c2ccccc2N(c2cccc(-c3ccc4c(c3)c3ccccc3n4-c3ccccc3)c2)c2ccc3c(c2)C2(c4ccccc4-3)c3ccc4ccccc4c3-c3cccc4cccc2c34)cc1. The van der Waals surface area contributed by atoms with Crippen molar-refractivity contribution in [1.29, 1.82) is 0 Å². The number of fused-ring (bicyclic) bond motifs is 14. The summed E-state index contributed by atoms with van der Waals surface area (Å²) in [5.74, 6) is 0. The van der Waals surface area contributed by atoms with Crippen LogP contribution in [0.1, 0.15) is 22.3 Å². The molecule has 2 heteroatoms. The number of benzene rings is 12. The fourth-order valence-electron chi connectivity index (χ4n) is 12.7. The van der Waals surface area contributed by atoms with Gasteiger partial charge in [-0.05, 0) is 143 Å². The highest BCUT2D eigenvalue weighted by Crippen LogP contribution is 2.63. The van der Waals surface area contributed by atoms with Crippen molar-refractivity contribution in [3.63, 3.8) is 0 Å². The number of rotatable bonds is 6. The zero-order chi connectivity index (χ0) is 46.6. The number of hydrogen-bond acceptors (Lipinski definition) is 1. The number of anilines is 3. The molecule has 1 aromatic heterocycles. The minimum absolute atomic E-state index is 0.587. The minimum atomic E-state index is -0.587. The Kier molecular flexibility index (Phi) is 8.61. The zero-order valence-corrected chi connectivity index (χ0v) is 38.8. The molecule has 13 aromatic rings. The van der Waals surface area contributed by atoms with Gasteiger partial charge in [0.1, 0.15) is 0 Å². The summed E-state index contributed by atoms with van der Waals surface area (Å²) < 4.78 is 2.39. The van der Waals surface area contributed by atoms with Gasteiger partial charge in [-0.3, -0.25) is 0 Å². The summed E-state index contributed by atoms with van der Waals surface area (Å²) in [6, 6.07) is 99.3. The molecule has 0 amide bonds. The van der Waals surface area contributed by atoms with Crippen LogP contribution in [0.5, 0.6) is 0 Å². The maximum atomic E-state index is 2.53. The molecule has 0 radical (unpaired) electrons. The second-order valence-electron chi connectivity index (χ2n) is 19.1. The van der Waals surface area contributed by atoms with Crippen LogP contribution in [-0.2, 0) is 5.41 Å². The topological polar surface area (TPSA) is 8.17 Å². The molecule has 1 spiro atoms. The van der Waals surface area contributed by atoms with Crippen molar-refractivity contribution in [3.05, 3.63) is 289 Å². The van der Waals surface area contributed by atoms with Crippen LogP contribution in [0.25, 0.3) is 93.5 Å². The van der Waals surface area contributed by atoms with Crippen molar-refractivity contribution in [2.45, 2.75) is 5.41 Å². The van der Waals surface area contributed by atoms with Crippen molar-refractivity contribution in [1.82, 2.24) is 4.57 Å². The van der Waals surface area contributed by atoms with Crippen molar-refractivity contribution in [2.24, 2.45) is 0 Å². The Labute approximate surface area is 412 Å². The van der Waals surface area contributed by atoms with Crippen LogP contribution in [-0.4, -0.2) is 4.57 Å². The second kappa shape index (κ2) is 15.4. The Morgan fingerprint density at radius 1 is 0.310 bits per heavy atom. The van der Waals surface area contributed by atoms with Crippen LogP contribution in [0.4, 0.5) is 17.1 Å². The lowest BCUT2D eigenvalue weighted by molar-refractivity contribution is 0.775. The summed E-state index contributed by atoms with van der Waals surface area (Å²) in [5.41, 5.74) is 21.4. The number of hydrogen-bond donors (Lipinski definition) is 0. The van der Waals surface area contributed by atoms with Gasteiger partial charge in [0.05, 0.1) is 22.1 Å². The van der Waals surface area contributed by atoms with Crippen LogP contribution in [0.2, 0.25) is 0 Å². The Hall–Kier alpha value is -9.24. The van der Waals surface area contributed by atoms with Gasteiger partial charge in [0, 0.05) is 33.4 Å². The molecule has 0 N–H and O–H groups in total. The van der Waals surface area contributed by atoms with Crippen molar-refractivity contribution >= 4 is 60.4 Å². The summed E-state index contributed by atoms with van der Waals surface area (Å²) in [5, 5.41) is 7.60. The van der Waals surface area contributed by atoms with E-state index < -0.39 is 5.41 Å². The molecular weight excluding hydrogens is 857 g/mol. The fourth-order valence-corrected chi connectivity index (χ4v) is 12.7. The Morgan fingerprint density at radius 3 is 1.82 bits per heavy atom. The number of nitrogens with zero attached hydrogens (tertiary/aromatic N) is 2. The maximum absolute atomic E-state index is 2.53. The molecule has 2 aliphatic carbocycles. The lowest BCUT2D eigenvalue weighted by Crippen LogP contribution is -2.32. The summed E-state index contributed by atoms with van der Waals surface area (Å²) in [4.78, 5) is 2.50. The third-order valence-corrected chi connectivity index (χ3v) is 15.6. The van der Waals surface area contributed by atoms with Gasteiger partial charge in [0.25, 0.3) is 0 Å². The monoisotopic (exact) mass is 900 g/mol. The summed E-state index contributed by atoms with van der Waals surface area (Å²) >= 11 is 0. The average Bonchev–Trinajstić information content (AvgIpc) is 3.93. The number of para-hydroxylation sites is 3. The molecule has 71 heavy (non-hydrogen) atoms. The van der Waals surface area contributed by atoms with E-state index in [1.54, 1.807) is 0 Å². The lowest BCUT2D eigenvalue weighted by Gasteiger charge is -2.41. The van der Waals surface area contributed by atoms with Crippen molar-refractivity contribution in [3.8, 4) is 50.2 Å². The third kappa shape index (κ3) is 5.71. The fraction of sp³-hybridized carbons (Fsp3) is 0.0145. The molecular formula is C69H44N2. The van der Waals surface area contributed by atoms with Gasteiger partial charge in [0.2, 0.25) is 0 Å². The first-order valence-corrected chi connectivity index (χ1v) is 24.7. The molecule has 0 saturated carbocycles. The molecule has 2 nitrogen and oxygen atoms in total. The average molecular weight is 901 g/mol. The van der Waals surface area contributed by atoms with Gasteiger partial charge in [-0.2, -0.15) is 0 Å². The van der Waals surface area contributed by atoms with Gasteiger partial charge in [-0.25, -0.2) is 0 Å². The first-order chi connectivity index (χ1) is 35.2. The van der Waals surface area contributed by atoms with Crippen LogP contribution in [0.3, 0.4) is 0 Å². The smallest absolute Gasteiger partial charge is 0.0726 e. The van der Waals surface area contributed by atoms with Gasteiger partial charge < -0.3 is 9.47 Å². The molecule has 0 bridgehead atoms. The Balaban J connectivity index is 0.985. The molecule has 2 aliphatic rings. The summed E-state index contributed by atoms with van der Waals surface area (Å²) in [7, 11) is 0. The van der Waals surface area contributed by atoms with E-state index in [0.29, 0.717) is 0 Å². The largest absolute Gasteiger partial charge is 0.310 e. The molecule has 330 valence electrons. The van der Waals surface area contributed by atoms with Crippen LogP contribution < -0.4 is 4.90 Å².